The van der Waals surface area contributed by atoms with Gasteiger partial charge in [-0.25, -0.2) is 9.78 Å². The average Bonchev–Trinajstić information content (AvgIpc) is 2.48. The van der Waals surface area contributed by atoms with Crippen molar-refractivity contribution in [3.05, 3.63) is 58.2 Å². The van der Waals surface area contributed by atoms with E-state index in [9.17, 15) is 4.79 Å². The predicted molar refractivity (Wildman–Crippen MR) is 85.9 cm³/mol. The predicted octanol–water partition coefficient (Wildman–Crippen LogP) is 3.28. The first kappa shape index (κ1) is 15.8. The summed E-state index contributed by atoms with van der Waals surface area (Å²) in [5.41, 5.74) is 1.95. The van der Waals surface area contributed by atoms with Gasteiger partial charge < -0.3 is 5.32 Å². The zero-order valence-corrected chi connectivity index (χ0v) is 12.8. The first-order valence-electron chi connectivity index (χ1n) is 6.76. The van der Waals surface area contributed by atoms with Crippen LogP contribution >= 0.6 is 11.6 Å². The van der Waals surface area contributed by atoms with E-state index in [1.807, 2.05) is 36.4 Å². The molecule has 0 aliphatic heterocycles. The molecule has 0 radical (unpaired) electrons. The van der Waals surface area contributed by atoms with Gasteiger partial charge in [-0.3, -0.25) is 5.32 Å². The number of aromatic nitrogens is 1. The molecular weight excluding hydrogens is 300 g/mol. The summed E-state index contributed by atoms with van der Waals surface area (Å²) in [4.78, 5) is 15.9. The van der Waals surface area contributed by atoms with Crippen molar-refractivity contribution in [3.63, 3.8) is 0 Å². The van der Waals surface area contributed by atoms with Crippen molar-refractivity contribution >= 4 is 23.4 Å². The summed E-state index contributed by atoms with van der Waals surface area (Å²) in [6.45, 7) is 2.18. The van der Waals surface area contributed by atoms with E-state index in [-0.39, 0.29) is 11.1 Å². The van der Waals surface area contributed by atoms with Gasteiger partial charge in [0.2, 0.25) is 0 Å². The van der Waals surface area contributed by atoms with E-state index in [4.69, 9.17) is 16.9 Å². The quantitative estimate of drug-likeness (QED) is 0.909. The number of pyridine rings is 1. The van der Waals surface area contributed by atoms with E-state index in [1.165, 1.54) is 6.07 Å². The van der Waals surface area contributed by atoms with Crippen LogP contribution in [0.1, 0.15) is 16.8 Å². The van der Waals surface area contributed by atoms with Gasteiger partial charge in [-0.05, 0) is 18.9 Å². The Morgan fingerprint density at radius 2 is 2.09 bits per heavy atom. The number of aryl methyl sites for hydroxylation is 1. The van der Waals surface area contributed by atoms with Crippen LogP contribution in [0.4, 0.5) is 10.6 Å². The van der Waals surface area contributed by atoms with Crippen LogP contribution in [0.5, 0.6) is 0 Å². The monoisotopic (exact) mass is 314 g/mol. The second-order valence-corrected chi connectivity index (χ2v) is 5.09. The molecule has 0 aliphatic carbocycles. The molecule has 1 aromatic heterocycles. The number of hydrogen-bond donors (Lipinski definition) is 2. The van der Waals surface area contributed by atoms with Crippen LogP contribution in [0.25, 0.3) is 0 Å². The number of urea groups is 1. The molecule has 0 unspecified atom stereocenters. The summed E-state index contributed by atoms with van der Waals surface area (Å²) in [7, 11) is 0. The van der Waals surface area contributed by atoms with Crippen LogP contribution in [-0.4, -0.2) is 17.6 Å². The van der Waals surface area contributed by atoms with Crippen molar-refractivity contribution in [3.8, 4) is 6.07 Å². The van der Waals surface area contributed by atoms with E-state index in [0.717, 1.165) is 12.0 Å². The molecule has 0 aliphatic rings. The summed E-state index contributed by atoms with van der Waals surface area (Å²) < 4.78 is 0. The average molecular weight is 315 g/mol. The van der Waals surface area contributed by atoms with Gasteiger partial charge >= 0.3 is 6.03 Å². The topological polar surface area (TPSA) is 77.8 Å². The Hall–Kier alpha value is -2.58. The zero-order valence-electron chi connectivity index (χ0n) is 12.1. The van der Waals surface area contributed by atoms with Crippen molar-refractivity contribution in [2.24, 2.45) is 0 Å². The van der Waals surface area contributed by atoms with Crippen LogP contribution in [0.3, 0.4) is 0 Å². The van der Waals surface area contributed by atoms with Gasteiger partial charge in [0.1, 0.15) is 11.9 Å². The van der Waals surface area contributed by atoms with Crippen LogP contribution in [0.15, 0.2) is 36.4 Å². The molecule has 2 amide bonds. The second kappa shape index (κ2) is 7.43. The highest BCUT2D eigenvalue weighted by Gasteiger charge is 2.09. The summed E-state index contributed by atoms with van der Waals surface area (Å²) in [5.74, 6) is 0.318. The molecule has 0 atom stereocenters. The number of amides is 2. The number of nitrogens with zero attached hydrogens (tertiary/aromatic N) is 2. The Morgan fingerprint density at radius 1 is 1.36 bits per heavy atom. The third kappa shape index (κ3) is 4.21. The molecule has 2 rings (SSSR count). The van der Waals surface area contributed by atoms with Crippen LogP contribution in [-0.2, 0) is 6.42 Å². The number of anilines is 1. The fourth-order valence-corrected chi connectivity index (χ4v) is 2.24. The number of rotatable bonds is 4. The molecule has 0 saturated heterocycles. The number of halogens is 1. The highest BCUT2D eigenvalue weighted by Crippen LogP contribution is 2.21. The lowest BCUT2D eigenvalue weighted by molar-refractivity contribution is 0.252. The molecule has 2 N–H and O–H groups in total. The number of benzene rings is 1. The van der Waals surface area contributed by atoms with Gasteiger partial charge in [-0.1, -0.05) is 41.9 Å². The molecule has 5 nitrogen and oxygen atoms in total. The molecular formula is C16H15ClN4O. The molecule has 1 aromatic carbocycles. The molecule has 0 fully saturated rings. The van der Waals surface area contributed by atoms with Crippen LogP contribution in [0.2, 0.25) is 5.02 Å². The van der Waals surface area contributed by atoms with Gasteiger partial charge in [-0.15, -0.1) is 0 Å². The Labute approximate surface area is 133 Å². The van der Waals surface area contributed by atoms with Crippen LogP contribution < -0.4 is 10.6 Å². The first-order valence-corrected chi connectivity index (χ1v) is 7.14. The van der Waals surface area contributed by atoms with Crippen molar-refractivity contribution < 1.29 is 4.79 Å². The second-order valence-electron chi connectivity index (χ2n) is 4.68. The van der Waals surface area contributed by atoms with Crippen molar-refractivity contribution in [1.29, 1.82) is 5.26 Å². The number of nitriles is 1. The molecule has 22 heavy (non-hydrogen) atoms. The summed E-state index contributed by atoms with van der Waals surface area (Å²) >= 11 is 5.97. The fraction of sp³-hybridized carbons (Fsp3) is 0.188. The van der Waals surface area contributed by atoms with Crippen LogP contribution in [0, 0.1) is 18.3 Å². The fourth-order valence-electron chi connectivity index (χ4n) is 1.96. The van der Waals surface area contributed by atoms with E-state index >= 15 is 0 Å². The minimum atomic E-state index is -0.358. The number of carbonyl (C=O) groups excluding carboxylic acids is 1. The minimum Gasteiger partial charge on any atom is -0.337 e. The maximum absolute atomic E-state index is 11.8. The van der Waals surface area contributed by atoms with Gasteiger partial charge in [0.15, 0.2) is 0 Å². The maximum Gasteiger partial charge on any atom is 0.320 e. The minimum absolute atomic E-state index is 0.273. The smallest absolute Gasteiger partial charge is 0.320 e. The van der Waals surface area contributed by atoms with Gasteiger partial charge in [0, 0.05) is 12.6 Å². The Kier molecular flexibility index (Phi) is 5.34. The highest BCUT2D eigenvalue weighted by atomic mass is 35.5. The van der Waals surface area contributed by atoms with Gasteiger partial charge in [0.05, 0.1) is 16.3 Å². The Morgan fingerprint density at radius 3 is 2.73 bits per heavy atom. The SMILES string of the molecule is Cc1nc(NC(=O)NCCc2ccccc2)cc(Cl)c1C#N. The lowest BCUT2D eigenvalue weighted by Crippen LogP contribution is -2.30. The molecule has 6 heteroatoms. The van der Waals surface area contributed by atoms with E-state index in [1.54, 1.807) is 6.92 Å². The lowest BCUT2D eigenvalue weighted by Gasteiger charge is -2.09. The maximum atomic E-state index is 11.8. The third-order valence-corrected chi connectivity index (χ3v) is 3.35. The molecule has 0 bridgehead atoms. The third-order valence-electron chi connectivity index (χ3n) is 3.05. The molecule has 112 valence electrons. The largest absolute Gasteiger partial charge is 0.337 e. The van der Waals surface area contributed by atoms with Gasteiger partial charge in [0.25, 0.3) is 0 Å². The first-order chi connectivity index (χ1) is 10.6. The van der Waals surface area contributed by atoms with Crippen molar-refractivity contribution in [2.75, 3.05) is 11.9 Å². The molecule has 0 spiro atoms. The van der Waals surface area contributed by atoms with Crippen molar-refractivity contribution in [1.82, 2.24) is 10.3 Å². The summed E-state index contributed by atoms with van der Waals surface area (Å²) in [6.07, 6.45) is 0.745. The molecule has 1 heterocycles. The Bertz CT molecular complexity index is 687. The van der Waals surface area contributed by atoms with Gasteiger partial charge in [-0.2, -0.15) is 5.26 Å². The number of hydrogen-bond acceptors (Lipinski definition) is 3. The van der Waals surface area contributed by atoms with Crippen molar-refractivity contribution in [2.45, 2.75) is 13.3 Å². The van der Waals surface area contributed by atoms with E-state index < -0.39 is 0 Å². The number of nitrogens with one attached hydrogen (secondary N) is 2. The highest BCUT2D eigenvalue weighted by molar-refractivity contribution is 6.32. The Balaban J connectivity index is 1.89. The standard InChI is InChI=1S/C16H15ClN4O/c1-11-13(10-18)14(17)9-15(20-11)21-16(22)19-8-7-12-5-3-2-4-6-12/h2-6,9H,7-8H2,1H3,(H2,19,20,21,22). The summed E-state index contributed by atoms with van der Waals surface area (Å²) in [6, 6.07) is 13.0. The number of carbonyl (C=O) groups is 1. The van der Waals surface area contributed by atoms with E-state index in [2.05, 4.69) is 15.6 Å². The normalized spacial score (nSPS) is 9.86. The van der Waals surface area contributed by atoms with E-state index in [0.29, 0.717) is 23.6 Å². The lowest BCUT2D eigenvalue weighted by atomic mass is 10.1. The zero-order chi connectivity index (χ0) is 15.9. The summed E-state index contributed by atoms with van der Waals surface area (Å²) in [5, 5.41) is 14.6. The molecule has 2 aromatic rings. The molecule has 0 saturated carbocycles.